The lowest BCUT2D eigenvalue weighted by Crippen LogP contribution is -1.98. The van der Waals surface area contributed by atoms with Crippen LogP contribution in [0.2, 0.25) is 0 Å². The van der Waals surface area contributed by atoms with E-state index in [9.17, 15) is 5.26 Å². The van der Waals surface area contributed by atoms with Crippen LogP contribution >= 0.6 is 0 Å². The predicted octanol–water partition coefficient (Wildman–Crippen LogP) is 4.11. The van der Waals surface area contributed by atoms with Crippen molar-refractivity contribution in [1.29, 1.82) is 10.5 Å². The van der Waals surface area contributed by atoms with E-state index < -0.39 is 0 Å². The Bertz CT molecular complexity index is 1190. The van der Waals surface area contributed by atoms with E-state index in [0.717, 1.165) is 22.2 Å². The second kappa shape index (κ2) is 6.39. The van der Waals surface area contributed by atoms with E-state index in [0.29, 0.717) is 22.4 Å². The maximum Gasteiger partial charge on any atom is 0.103 e. The fraction of sp³-hybridized carbons (Fsp3) is 0. The normalized spacial score (nSPS) is 10.2. The zero-order chi connectivity index (χ0) is 17.9. The number of hydrogen-bond donors (Lipinski definition) is 2. The number of anilines is 2. The van der Waals surface area contributed by atoms with Crippen molar-refractivity contribution in [3.05, 3.63) is 72.4 Å². The van der Waals surface area contributed by atoms with Gasteiger partial charge in [0.25, 0.3) is 0 Å². The molecule has 122 valence electrons. The van der Waals surface area contributed by atoms with Crippen molar-refractivity contribution in [2.75, 3.05) is 5.32 Å². The molecule has 0 fully saturated rings. The fourth-order valence-corrected chi connectivity index (χ4v) is 2.82. The zero-order valence-electron chi connectivity index (χ0n) is 13.6. The topological polar surface area (TPSA) is 101 Å². The first kappa shape index (κ1) is 15.4. The van der Waals surface area contributed by atoms with Crippen molar-refractivity contribution in [1.82, 2.24) is 15.0 Å². The van der Waals surface area contributed by atoms with Gasteiger partial charge in [-0.15, -0.1) is 0 Å². The van der Waals surface area contributed by atoms with Gasteiger partial charge in [-0.3, -0.25) is 9.97 Å². The number of pyridine rings is 2. The standard InChI is InChI=1S/C20H12N6/c21-7-13-5-15(10-23-9-13)18-12-24-11-16(8-22)20(18)26-17-1-2-19-14(6-17)3-4-25-19/h1-6,9-12,25H,(H,24,26). The number of aromatic amines is 1. The van der Waals surface area contributed by atoms with Crippen LogP contribution in [0.25, 0.3) is 22.0 Å². The number of rotatable bonds is 3. The van der Waals surface area contributed by atoms with Crippen molar-refractivity contribution in [2.24, 2.45) is 0 Å². The van der Waals surface area contributed by atoms with Crippen LogP contribution in [-0.4, -0.2) is 15.0 Å². The summed E-state index contributed by atoms with van der Waals surface area (Å²) < 4.78 is 0. The molecule has 0 atom stereocenters. The highest BCUT2D eigenvalue weighted by molar-refractivity contribution is 5.88. The van der Waals surface area contributed by atoms with E-state index in [1.165, 1.54) is 12.4 Å². The molecule has 0 saturated heterocycles. The van der Waals surface area contributed by atoms with Crippen molar-refractivity contribution in [2.45, 2.75) is 0 Å². The summed E-state index contributed by atoms with van der Waals surface area (Å²) in [4.78, 5) is 11.4. The van der Waals surface area contributed by atoms with Gasteiger partial charge in [0.05, 0.1) is 16.8 Å². The van der Waals surface area contributed by atoms with Crippen molar-refractivity contribution in [3.63, 3.8) is 0 Å². The maximum atomic E-state index is 9.50. The second-order valence-corrected chi connectivity index (χ2v) is 5.70. The van der Waals surface area contributed by atoms with Gasteiger partial charge in [-0.1, -0.05) is 0 Å². The molecule has 4 rings (SSSR count). The molecule has 3 aromatic heterocycles. The van der Waals surface area contributed by atoms with Gasteiger partial charge in [-0.25, -0.2) is 0 Å². The molecule has 6 nitrogen and oxygen atoms in total. The van der Waals surface area contributed by atoms with Gasteiger partial charge < -0.3 is 10.3 Å². The molecule has 0 radical (unpaired) electrons. The van der Waals surface area contributed by atoms with E-state index >= 15 is 0 Å². The molecule has 0 spiro atoms. The highest BCUT2D eigenvalue weighted by Crippen LogP contribution is 2.33. The molecule has 4 aromatic rings. The van der Waals surface area contributed by atoms with E-state index in [1.807, 2.05) is 30.5 Å². The van der Waals surface area contributed by atoms with Crippen LogP contribution < -0.4 is 5.32 Å². The van der Waals surface area contributed by atoms with Crippen LogP contribution in [0.15, 0.2) is 61.3 Å². The molecular weight excluding hydrogens is 324 g/mol. The molecular formula is C20H12N6. The first-order valence-electron chi connectivity index (χ1n) is 7.86. The highest BCUT2D eigenvalue weighted by atomic mass is 14.9. The number of nitrogens with one attached hydrogen (secondary N) is 2. The summed E-state index contributed by atoms with van der Waals surface area (Å²) in [7, 11) is 0. The van der Waals surface area contributed by atoms with Crippen LogP contribution in [-0.2, 0) is 0 Å². The Morgan fingerprint density at radius 2 is 1.81 bits per heavy atom. The van der Waals surface area contributed by atoms with Crippen molar-refractivity contribution >= 4 is 22.3 Å². The fourth-order valence-electron chi connectivity index (χ4n) is 2.82. The Balaban J connectivity index is 1.84. The first-order chi connectivity index (χ1) is 12.8. The Morgan fingerprint density at radius 3 is 2.65 bits per heavy atom. The average molecular weight is 336 g/mol. The molecule has 1 aromatic carbocycles. The highest BCUT2D eigenvalue weighted by Gasteiger charge is 2.13. The van der Waals surface area contributed by atoms with Crippen LogP contribution in [0.1, 0.15) is 11.1 Å². The monoisotopic (exact) mass is 336 g/mol. The summed E-state index contributed by atoms with van der Waals surface area (Å²) >= 11 is 0. The second-order valence-electron chi connectivity index (χ2n) is 5.70. The van der Waals surface area contributed by atoms with Crippen LogP contribution in [0.5, 0.6) is 0 Å². The van der Waals surface area contributed by atoms with Gasteiger partial charge >= 0.3 is 0 Å². The van der Waals surface area contributed by atoms with Crippen molar-refractivity contribution < 1.29 is 0 Å². The third kappa shape index (κ3) is 2.72. The summed E-state index contributed by atoms with van der Waals surface area (Å²) in [5, 5.41) is 23.0. The molecule has 2 N–H and O–H groups in total. The van der Waals surface area contributed by atoms with Gasteiger partial charge in [-0.2, -0.15) is 10.5 Å². The van der Waals surface area contributed by atoms with E-state index in [-0.39, 0.29) is 0 Å². The summed E-state index contributed by atoms with van der Waals surface area (Å²) in [6, 6.07) is 13.9. The SMILES string of the molecule is N#Cc1cncc(-c2cncc(C#N)c2Nc2ccc3[nH]ccc3c2)c1. The minimum Gasteiger partial charge on any atom is -0.361 e. The lowest BCUT2D eigenvalue weighted by atomic mass is 10.0. The number of nitriles is 2. The van der Waals surface area contributed by atoms with Gasteiger partial charge in [0.1, 0.15) is 12.1 Å². The number of benzene rings is 1. The lowest BCUT2D eigenvalue weighted by molar-refractivity contribution is 1.27. The molecule has 3 heterocycles. The summed E-state index contributed by atoms with van der Waals surface area (Å²) in [5.41, 5.74) is 4.82. The van der Waals surface area contributed by atoms with E-state index in [2.05, 4.69) is 32.4 Å². The van der Waals surface area contributed by atoms with Gasteiger partial charge in [-0.05, 0) is 30.3 Å². The molecule has 0 aliphatic heterocycles. The Labute approximate surface area is 149 Å². The molecule has 0 aliphatic carbocycles. The molecule has 6 heteroatoms. The van der Waals surface area contributed by atoms with E-state index in [1.54, 1.807) is 18.5 Å². The molecule has 26 heavy (non-hydrogen) atoms. The maximum absolute atomic E-state index is 9.50. The molecule has 0 amide bonds. The Kier molecular flexibility index (Phi) is 3.78. The Morgan fingerprint density at radius 1 is 0.923 bits per heavy atom. The summed E-state index contributed by atoms with van der Waals surface area (Å²) in [5.74, 6) is 0. The quantitative estimate of drug-likeness (QED) is 0.586. The Hall–Kier alpha value is -4.16. The number of H-pyrrole nitrogens is 1. The minimum atomic E-state index is 0.416. The van der Waals surface area contributed by atoms with Crippen LogP contribution in [0.3, 0.4) is 0 Å². The minimum absolute atomic E-state index is 0.416. The molecule has 0 bridgehead atoms. The number of aromatic nitrogens is 3. The summed E-state index contributed by atoms with van der Waals surface area (Å²) in [6.45, 7) is 0. The van der Waals surface area contributed by atoms with Gasteiger partial charge in [0.15, 0.2) is 0 Å². The van der Waals surface area contributed by atoms with Gasteiger partial charge in [0, 0.05) is 58.7 Å². The lowest BCUT2D eigenvalue weighted by Gasteiger charge is -2.13. The third-order valence-corrected chi connectivity index (χ3v) is 4.07. The predicted molar refractivity (Wildman–Crippen MR) is 98.5 cm³/mol. The average Bonchev–Trinajstić information content (AvgIpc) is 3.16. The molecule has 0 saturated carbocycles. The molecule has 0 unspecified atom stereocenters. The number of nitrogens with zero attached hydrogens (tertiary/aromatic N) is 4. The van der Waals surface area contributed by atoms with Gasteiger partial charge in [0.2, 0.25) is 0 Å². The van der Waals surface area contributed by atoms with Crippen molar-refractivity contribution in [3.8, 4) is 23.3 Å². The number of fused-ring (bicyclic) bond motifs is 1. The molecule has 0 aliphatic rings. The number of hydrogen-bond acceptors (Lipinski definition) is 5. The van der Waals surface area contributed by atoms with Crippen LogP contribution in [0, 0.1) is 22.7 Å². The summed E-state index contributed by atoms with van der Waals surface area (Å²) in [6.07, 6.45) is 8.21. The third-order valence-electron chi connectivity index (χ3n) is 4.07. The largest absolute Gasteiger partial charge is 0.361 e. The van der Waals surface area contributed by atoms with E-state index in [4.69, 9.17) is 5.26 Å². The smallest absolute Gasteiger partial charge is 0.103 e. The van der Waals surface area contributed by atoms with Crippen LogP contribution in [0.4, 0.5) is 11.4 Å². The zero-order valence-corrected chi connectivity index (χ0v) is 13.6. The first-order valence-corrected chi connectivity index (χ1v) is 7.86.